The van der Waals surface area contributed by atoms with Crippen LogP contribution in [0.2, 0.25) is 0 Å². The lowest BCUT2D eigenvalue weighted by molar-refractivity contribution is 0.102. The van der Waals surface area contributed by atoms with E-state index in [1.54, 1.807) is 32.0 Å². The topological polar surface area (TPSA) is 79.4 Å². The maximum Gasteiger partial charge on any atom is 0.256 e. The molecule has 0 unspecified atom stereocenters. The normalized spacial score (nSPS) is 11.5. The molecule has 1 heterocycles. The molecule has 0 spiro atoms. The lowest BCUT2D eigenvalue weighted by atomic mass is 10.2. The monoisotopic (exact) mass is 351 g/mol. The van der Waals surface area contributed by atoms with Crippen LogP contribution in [-0.4, -0.2) is 36.7 Å². The molecule has 128 valence electrons. The van der Waals surface area contributed by atoms with Crippen LogP contribution in [0.5, 0.6) is 0 Å². The van der Waals surface area contributed by atoms with Crippen molar-refractivity contribution in [2.45, 2.75) is 18.7 Å². The largest absolute Gasteiger partial charge is 0.307 e. The van der Waals surface area contributed by atoms with Crippen LogP contribution in [-0.2, 0) is 10.0 Å². The van der Waals surface area contributed by atoms with Gasteiger partial charge in [-0.1, -0.05) is 19.9 Å². The molecule has 0 aliphatic carbocycles. The fourth-order valence-corrected chi connectivity index (χ4v) is 3.72. The number of aromatic nitrogens is 1. The number of pyridine rings is 1. The first-order valence-corrected chi connectivity index (χ1v) is 8.86. The Bertz CT molecular complexity index is 822. The Kier molecular flexibility index (Phi) is 5.63. The Labute approximate surface area is 140 Å². The minimum absolute atomic E-state index is 0.0350. The van der Waals surface area contributed by atoms with Crippen LogP contribution >= 0.6 is 0 Å². The van der Waals surface area contributed by atoms with E-state index in [0.29, 0.717) is 5.82 Å². The van der Waals surface area contributed by atoms with Crippen LogP contribution in [0.25, 0.3) is 0 Å². The molecule has 1 amide bonds. The number of amides is 1. The summed E-state index contributed by atoms with van der Waals surface area (Å²) in [5.74, 6) is -1.14. The highest BCUT2D eigenvalue weighted by molar-refractivity contribution is 7.89. The van der Waals surface area contributed by atoms with Crippen molar-refractivity contribution >= 4 is 21.7 Å². The third kappa shape index (κ3) is 3.77. The summed E-state index contributed by atoms with van der Waals surface area (Å²) in [6.07, 6.45) is 1.51. The molecule has 0 saturated heterocycles. The predicted molar refractivity (Wildman–Crippen MR) is 88.7 cm³/mol. The standard InChI is InChI=1S/C16H18FN3O3S/c1-3-20(4-2)24(22,23)14-11-12(8-9-13(14)17)16(21)19-15-7-5-6-10-18-15/h5-11H,3-4H2,1-2H3,(H,18,19,21). The van der Waals surface area contributed by atoms with Gasteiger partial charge in [0.1, 0.15) is 16.5 Å². The molecule has 24 heavy (non-hydrogen) atoms. The zero-order valence-electron chi connectivity index (χ0n) is 13.4. The van der Waals surface area contributed by atoms with E-state index >= 15 is 0 Å². The number of benzene rings is 1. The van der Waals surface area contributed by atoms with Crippen molar-refractivity contribution in [1.82, 2.24) is 9.29 Å². The molecule has 0 bridgehead atoms. The maximum absolute atomic E-state index is 14.0. The molecule has 0 aliphatic rings. The molecule has 8 heteroatoms. The number of carbonyl (C=O) groups is 1. The summed E-state index contributed by atoms with van der Waals surface area (Å²) in [5, 5.41) is 2.53. The summed E-state index contributed by atoms with van der Waals surface area (Å²) in [5.41, 5.74) is 0.0350. The highest BCUT2D eigenvalue weighted by atomic mass is 32.2. The van der Waals surface area contributed by atoms with Crippen molar-refractivity contribution < 1.29 is 17.6 Å². The SMILES string of the molecule is CCN(CC)S(=O)(=O)c1cc(C(=O)Nc2ccccn2)ccc1F. The molecule has 2 aromatic rings. The van der Waals surface area contributed by atoms with Crippen LogP contribution in [0.3, 0.4) is 0 Å². The van der Waals surface area contributed by atoms with Gasteiger partial charge in [0.15, 0.2) is 0 Å². The number of nitrogens with zero attached hydrogens (tertiary/aromatic N) is 2. The fourth-order valence-electron chi connectivity index (χ4n) is 2.17. The molecule has 1 aromatic carbocycles. The molecule has 0 saturated carbocycles. The van der Waals surface area contributed by atoms with Crippen molar-refractivity contribution in [1.29, 1.82) is 0 Å². The van der Waals surface area contributed by atoms with Gasteiger partial charge in [-0.2, -0.15) is 4.31 Å². The Morgan fingerprint density at radius 3 is 2.50 bits per heavy atom. The summed E-state index contributed by atoms with van der Waals surface area (Å²) >= 11 is 0. The Hall–Kier alpha value is -2.32. The first-order valence-electron chi connectivity index (χ1n) is 7.42. The molecule has 6 nitrogen and oxygen atoms in total. The van der Waals surface area contributed by atoms with E-state index in [0.717, 1.165) is 16.4 Å². The van der Waals surface area contributed by atoms with E-state index in [9.17, 15) is 17.6 Å². The van der Waals surface area contributed by atoms with Crippen LogP contribution in [0, 0.1) is 5.82 Å². The molecular formula is C16H18FN3O3S. The van der Waals surface area contributed by atoms with Crippen molar-refractivity contribution in [2.75, 3.05) is 18.4 Å². The van der Waals surface area contributed by atoms with Gasteiger partial charge in [0, 0.05) is 24.8 Å². The van der Waals surface area contributed by atoms with Gasteiger partial charge in [0.05, 0.1) is 0 Å². The average Bonchev–Trinajstić information content (AvgIpc) is 2.56. The molecule has 2 rings (SSSR count). The lowest BCUT2D eigenvalue weighted by Crippen LogP contribution is -2.31. The fraction of sp³-hybridized carbons (Fsp3) is 0.250. The summed E-state index contributed by atoms with van der Waals surface area (Å²) in [6.45, 7) is 3.75. The van der Waals surface area contributed by atoms with Crippen LogP contribution in [0.4, 0.5) is 10.2 Å². The van der Waals surface area contributed by atoms with Crippen LogP contribution in [0.15, 0.2) is 47.5 Å². The first kappa shape index (κ1) is 18.0. The second-order valence-corrected chi connectivity index (χ2v) is 6.81. The van der Waals surface area contributed by atoms with E-state index in [2.05, 4.69) is 10.3 Å². The quantitative estimate of drug-likeness (QED) is 0.867. The van der Waals surface area contributed by atoms with Gasteiger partial charge in [0.25, 0.3) is 5.91 Å². The molecule has 0 radical (unpaired) electrons. The van der Waals surface area contributed by atoms with E-state index in [1.165, 1.54) is 12.3 Å². The number of nitrogens with one attached hydrogen (secondary N) is 1. The Morgan fingerprint density at radius 2 is 1.92 bits per heavy atom. The number of rotatable bonds is 6. The van der Waals surface area contributed by atoms with Gasteiger partial charge in [-0.3, -0.25) is 4.79 Å². The zero-order valence-corrected chi connectivity index (χ0v) is 14.2. The van der Waals surface area contributed by atoms with Gasteiger partial charge >= 0.3 is 0 Å². The highest BCUT2D eigenvalue weighted by Gasteiger charge is 2.26. The third-order valence-electron chi connectivity index (χ3n) is 3.42. The van der Waals surface area contributed by atoms with Crippen molar-refractivity contribution in [3.05, 3.63) is 54.0 Å². The minimum atomic E-state index is -4.00. The molecule has 1 aromatic heterocycles. The number of carbonyl (C=O) groups excluding carboxylic acids is 1. The third-order valence-corrected chi connectivity index (χ3v) is 5.49. The molecule has 0 fully saturated rings. The van der Waals surface area contributed by atoms with E-state index < -0.39 is 26.6 Å². The number of anilines is 1. The van der Waals surface area contributed by atoms with Gasteiger partial charge < -0.3 is 5.32 Å². The number of sulfonamides is 1. The Balaban J connectivity index is 2.36. The average molecular weight is 351 g/mol. The van der Waals surface area contributed by atoms with Crippen LogP contribution < -0.4 is 5.32 Å². The molecule has 0 aliphatic heterocycles. The summed E-state index contributed by atoms with van der Waals surface area (Å²) < 4.78 is 40.2. The van der Waals surface area contributed by atoms with Crippen molar-refractivity contribution in [3.63, 3.8) is 0 Å². The van der Waals surface area contributed by atoms with E-state index in [-0.39, 0.29) is 18.7 Å². The van der Waals surface area contributed by atoms with Gasteiger partial charge in [0.2, 0.25) is 10.0 Å². The summed E-state index contributed by atoms with van der Waals surface area (Å²) in [7, 11) is -4.00. The van der Waals surface area contributed by atoms with Gasteiger partial charge in [-0.05, 0) is 30.3 Å². The van der Waals surface area contributed by atoms with E-state index in [1.807, 2.05) is 0 Å². The second-order valence-electron chi connectivity index (χ2n) is 4.90. The van der Waals surface area contributed by atoms with Crippen LogP contribution in [0.1, 0.15) is 24.2 Å². The molecule has 1 N–H and O–H groups in total. The first-order chi connectivity index (χ1) is 11.4. The zero-order chi connectivity index (χ0) is 17.7. The number of hydrogen-bond acceptors (Lipinski definition) is 4. The van der Waals surface area contributed by atoms with Crippen molar-refractivity contribution in [3.8, 4) is 0 Å². The smallest absolute Gasteiger partial charge is 0.256 e. The lowest BCUT2D eigenvalue weighted by Gasteiger charge is -2.19. The van der Waals surface area contributed by atoms with Gasteiger partial charge in [-0.25, -0.2) is 17.8 Å². The summed E-state index contributed by atoms with van der Waals surface area (Å²) in [6, 6.07) is 8.24. The number of hydrogen-bond donors (Lipinski definition) is 1. The highest BCUT2D eigenvalue weighted by Crippen LogP contribution is 2.21. The number of halogens is 1. The maximum atomic E-state index is 14.0. The predicted octanol–water partition coefficient (Wildman–Crippen LogP) is 2.50. The van der Waals surface area contributed by atoms with Gasteiger partial charge in [-0.15, -0.1) is 0 Å². The molecular weight excluding hydrogens is 333 g/mol. The second kappa shape index (κ2) is 7.50. The van der Waals surface area contributed by atoms with Crippen molar-refractivity contribution in [2.24, 2.45) is 0 Å². The van der Waals surface area contributed by atoms with E-state index in [4.69, 9.17) is 0 Å². The minimum Gasteiger partial charge on any atom is -0.307 e. The molecule has 0 atom stereocenters. The summed E-state index contributed by atoms with van der Waals surface area (Å²) in [4.78, 5) is 15.7. The Morgan fingerprint density at radius 1 is 1.21 bits per heavy atom.